The van der Waals surface area contributed by atoms with Crippen molar-refractivity contribution in [1.29, 1.82) is 0 Å². The van der Waals surface area contributed by atoms with Gasteiger partial charge in [0.25, 0.3) is 5.91 Å². The first kappa shape index (κ1) is 17.6. The summed E-state index contributed by atoms with van der Waals surface area (Å²) in [5.74, 6) is 1.36. The molecule has 1 aliphatic carbocycles. The molecule has 1 saturated carbocycles. The highest BCUT2D eigenvalue weighted by Crippen LogP contribution is 2.35. The zero-order chi connectivity index (χ0) is 18.1. The average Bonchev–Trinajstić information content (AvgIpc) is 3.41. The molecule has 0 radical (unpaired) electrons. The van der Waals surface area contributed by atoms with E-state index in [2.05, 4.69) is 9.99 Å². The second kappa shape index (κ2) is 7.41. The molecule has 2 heterocycles. The van der Waals surface area contributed by atoms with Crippen molar-refractivity contribution < 1.29 is 4.79 Å². The van der Waals surface area contributed by atoms with Gasteiger partial charge in [0, 0.05) is 30.9 Å². The van der Waals surface area contributed by atoms with E-state index in [4.69, 9.17) is 16.6 Å². The van der Waals surface area contributed by atoms with Gasteiger partial charge in [0.15, 0.2) is 5.69 Å². The fourth-order valence-corrected chi connectivity index (χ4v) is 3.80. The quantitative estimate of drug-likeness (QED) is 0.861. The summed E-state index contributed by atoms with van der Waals surface area (Å²) in [4.78, 5) is 17.6. The van der Waals surface area contributed by atoms with Crippen LogP contribution in [-0.4, -0.2) is 33.6 Å². The van der Waals surface area contributed by atoms with Crippen LogP contribution in [-0.2, 0) is 6.54 Å². The largest absolute Gasteiger partial charge is 0.327 e. The molecule has 1 amide bonds. The van der Waals surface area contributed by atoms with Crippen molar-refractivity contribution in [2.75, 3.05) is 13.1 Å². The number of nitrogens with zero attached hydrogens (tertiary/aromatic N) is 3. The summed E-state index contributed by atoms with van der Waals surface area (Å²) in [6, 6.07) is 7.71. The minimum atomic E-state index is -0.118. The number of nitrogens with one attached hydrogen (secondary N) is 1. The third-order valence-electron chi connectivity index (χ3n) is 5.30. The predicted octanol–water partition coefficient (Wildman–Crippen LogP) is 4.05. The van der Waals surface area contributed by atoms with Crippen LogP contribution in [0.5, 0.6) is 0 Å². The first-order valence-corrected chi connectivity index (χ1v) is 9.89. The molecule has 5 nitrogen and oxygen atoms in total. The molecule has 2 aliphatic rings. The fraction of sp³-hybridized carbons (Fsp3) is 0.500. The summed E-state index contributed by atoms with van der Waals surface area (Å²) in [5.41, 5.74) is 5.34. The van der Waals surface area contributed by atoms with E-state index in [9.17, 15) is 4.79 Å². The minimum Gasteiger partial charge on any atom is -0.327 e. The predicted molar refractivity (Wildman–Crippen MR) is 103 cm³/mol. The number of carbonyl (C=O) groups is 1. The number of hydrogen-bond acceptors (Lipinski definition) is 3. The van der Waals surface area contributed by atoms with Gasteiger partial charge < -0.3 is 4.57 Å². The van der Waals surface area contributed by atoms with Crippen LogP contribution < -0.4 is 5.43 Å². The average molecular weight is 373 g/mol. The Hall–Kier alpha value is -1.85. The van der Waals surface area contributed by atoms with Crippen LogP contribution in [0.4, 0.5) is 0 Å². The minimum absolute atomic E-state index is 0.118. The Labute approximate surface area is 159 Å². The first-order chi connectivity index (χ1) is 12.6. The molecule has 0 unspecified atom stereocenters. The standard InChI is InChI=1S/C20H25ClN4O/c1-14-18(20(26)23-24-11-5-2-6-12-24)22-19(25(14)13-15-9-10-15)16-7-3-4-8-17(16)21/h3-4,7-8,15H,2,5-6,9-13H2,1H3,(H,23,26). The van der Waals surface area contributed by atoms with E-state index in [1.54, 1.807) is 0 Å². The summed E-state index contributed by atoms with van der Waals surface area (Å²) in [6.45, 7) is 4.70. The smallest absolute Gasteiger partial charge is 0.286 e. The van der Waals surface area contributed by atoms with Crippen molar-refractivity contribution in [1.82, 2.24) is 20.0 Å². The number of benzene rings is 1. The summed E-state index contributed by atoms with van der Waals surface area (Å²) >= 11 is 6.42. The molecule has 1 saturated heterocycles. The highest BCUT2D eigenvalue weighted by molar-refractivity contribution is 6.33. The Balaban J connectivity index is 1.66. The van der Waals surface area contributed by atoms with Gasteiger partial charge in [-0.15, -0.1) is 0 Å². The molecule has 26 heavy (non-hydrogen) atoms. The van der Waals surface area contributed by atoms with Crippen LogP contribution >= 0.6 is 11.6 Å². The highest BCUT2D eigenvalue weighted by Gasteiger charge is 2.28. The summed E-state index contributed by atoms with van der Waals surface area (Å²) in [5, 5.41) is 2.68. The molecule has 2 fully saturated rings. The SMILES string of the molecule is Cc1c(C(=O)NN2CCCCC2)nc(-c2ccccc2Cl)n1CC1CC1. The topological polar surface area (TPSA) is 50.2 Å². The van der Waals surface area contributed by atoms with Gasteiger partial charge in [-0.05, 0) is 50.7 Å². The van der Waals surface area contributed by atoms with Crippen LogP contribution in [0.25, 0.3) is 11.4 Å². The zero-order valence-corrected chi connectivity index (χ0v) is 15.9. The third-order valence-corrected chi connectivity index (χ3v) is 5.63. The summed E-state index contributed by atoms with van der Waals surface area (Å²) in [6.07, 6.45) is 5.97. The molecule has 0 spiro atoms. The van der Waals surface area contributed by atoms with Crippen molar-refractivity contribution in [3.8, 4) is 11.4 Å². The van der Waals surface area contributed by atoms with Crippen LogP contribution in [0.2, 0.25) is 5.02 Å². The lowest BCUT2D eigenvalue weighted by Crippen LogP contribution is -2.45. The van der Waals surface area contributed by atoms with Crippen LogP contribution in [0.1, 0.15) is 48.3 Å². The lowest BCUT2D eigenvalue weighted by molar-refractivity contribution is 0.0744. The molecule has 0 atom stereocenters. The maximum absolute atomic E-state index is 12.9. The van der Waals surface area contributed by atoms with Crippen molar-refractivity contribution >= 4 is 17.5 Å². The normalized spacial score (nSPS) is 18.1. The molecular formula is C20H25ClN4O. The van der Waals surface area contributed by atoms with E-state index in [1.165, 1.54) is 19.3 Å². The molecule has 6 heteroatoms. The number of aromatic nitrogens is 2. The van der Waals surface area contributed by atoms with Gasteiger partial charge >= 0.3 is 0 Å². The number of hydrogen-bond donors (Lipinski definition) is 1. The van der Waals surface area contributed by atoms with Gasteiger partial charge in [-0.3, -0.25) is 10.2 Å². The highest BCUT2D eigenvalue weighted by atomic mass is 35.5. The molecule has 1 N–H and O–H groups in total. The van der Waals surface area contributed by atoms with Crippen LogP contribution in [0, 0.1) is 12.8 Å². The van der Waals surface area contributed by atoms with Gasteiger partial charge in [0.2, 0.25) is 0 Å². The molecule has 1 aliphatic heterocycles. The van der Waals surface area contributed by atoms with Gasteiger partial charge in [-0.2, -0.15) is 0 Å². The van der Waals surface area contributed by atoms with Gasteiger partial charge in [-0.1, -0.05) is 30.2 Å². The number of halogens is 1. The molecular weight excluding hydrogens is 348 g/mol. The van der Waals surface area contributed by atoms with E-state index < -0.39 is 0 Å². The lowest BCUT2D eigenvalue weighted by Gasteiger charge is -2.26. The number of carbonyl (C=O) groups excluding carboxylic acids is 1. The molecule has 1 aromatic carbocycles. The number of rotatable bonds is 5. The van der Waals surface area contributed by atoms with E-state index in [-0.39, 0.29) is 5.91 Å². The van der Waals surface area contributed by atoms with Crippen molar-refractivity contribution in [2.24, 2.45) is 5.92 Å². The molecule has 0 bridgehead atoms. The Morgan fingerprint density at radius 3 is 2.65 bits per heavy atom. The first-order valence-electron chi connectivity index (χ1n) is 9.51. The zero-order valence-electron chi connectivity index (χ0n) is 15.2. The Morgan fingerprint density at radius 2 is 1.96 bits per heavy atom. The number of imidazole rings is 1. The summed E-state index contributed by atoms with van der Waals surface area (Å²) in [7, 11) is 0. The van der Waals surface area contributed by atoms with Crippen molar-refractivity contribution in [2.45, 2.75) is 45.6 Å². The Kier molecular flexibility index (Phi) is 5.00. The Morgan fingerprint density at radius 1 is 1.23 bits per heavy atom. The number of hydrazine groups is 1. The second-order valence-electron chi connectivity index (χ2n) is 7.39. The molecule has 2 aromatic rings. The second-order valence-corrected chi connectivity index (χ2v) is 7.80. The van der Waals surface area contributed by atoms with Crippen molar-refractivity contribution in [3.63, 3.8) is 0 Å². The molecule has 138 valence electrons. The number of amides is 1. The van der Waals surface area contributed by atoms with Crippen LogP contribution in [0.3, 0.4) is 0 Å². The summed E-state index contributed by atoms with van der Waals surface area (Å²) < 4.78 is 2.17. The maximum Gasteiger partial charge on any atom is 0.286 e. The van der Waals surface area contributed by atoms with Gasteiger partial charge in [0.05, 0.1) is 5.02 Å². The molecule has 4 rings (SSSR count). The number of piperidine rings is 1. The fourth-order valence-electron chi connectivity index (χ4n) is 3.58. The van der Waals surface area contributed by atoms with Crippen LogP contribution in [0.15, 0.2) is 24.3 Å². The third kappa shape index (κ3) is 3.64. The lowest BCUT2D eigenvalue weighted by atomic mass is 10.2. The van der Waals surface area contributed by atoms with E-state index in [0.29, 0.717) is 16.6 Å². The van der Waals surface area contributed by atoms with Gasteiger partial charge in [-0.25, -0.2) is 9.99 Å². The Bertz CT molecular complexity index is 806. The van der Waals surface area contributed by atoms with E-state index in [1.807, 2.05) is 36.2 Å². The maximum atomic E-state index is 12.9. The van der Waals surface area contributed by atoms with Crippen molar-refractivity contribution in [3.05, 3.63) is 40.7 Å². The molecule has 1 aromatic heterocycles. The monoisotopic (exact) mass is 372 g/mol. The van der Waals surface area contributed by atoms with Gasteiger partial charge in [0.1, 0.15) is 5.82 Å². The van der Waals surface area contributed by atoms with E-state index >= 15 is 0 Å². The van der Waals surface area contributed by atoms with E-state index in [0.717, 1.165) is 49.6 Å².